The molecule has 1 aromatic heterocycles. The zero-order valence-corrected chi connectivity index (χ0v) is 16.9. The van der Waals surface area contributed by atoms with Gasteiger partial charge < -0.3 is 4.74 Å². The fraction of sp³-hybridized carbons (Fsp3) is 0.222. The molecule has 1 N–H and O–H groups in total. The quantitative estimate of drug-likeness (QED) is 0.225. The molecule has 2 rings (SSSR count). The van der Waals surface area contributed by atoms with Crippen LogP contribution in [0, 0.1) is 13.8 Å². The van der Waals surface area contributed by atoms with Crippen LogP contribution in [0.4, 0.5) is 0 Å². The zero-order chi connectivity index (χ0) is 18.9. The van der Waals surface area contributed by atoms with Gasteiger partial charge in [-0.3, -0.25) is 4.79 Å². The summed E-state index contributed by atoms with van der Waals surface area (Å²) in [6.07, 6.45) is 3.20. The van der Waals surface area contributed by atoms with Crippen LogP contribution < -0.4 is 10.2 Å². The molecule has 0 radical (unpaired) electrons. The van der Waals surface area contributed by atoms with Gasteiger partial charge in [-0.05, 0) is 38.1 Å². The zero-order valence-electron chi connectivity index (χ0n) is 14.5. The van der Waals surface area contributed by atoms with Crippen molar-refractivity contribution in [2.75, 3.05) is 12.4 Å². The molecular weight excluding hydrogens is 416 g/mol. The maximum absolute atomic E-state index is 11.9. The van der Waals surface area contributed by atoms with Gasteiger partial charge in [0.25, 0.3) is 5.91 Å². The number of amides is 1. The fourth-order valence-corrected chi connectivity index (χ4v) is 3.12. The molecule has 0 bridgehead atoms. The number of aromatic nitrogens is 2. The van der Waals surface area contributed by atoms with Crippen molar-refractivity contribution in [3.8, 4) is 5.75 Å². The largest absolute Gasteiger partial charge is 0.489 e. The second kappa shape index (κ2) is 10.1. The average molecular weight is 435 g/mol. The minimum absolute atomic E-state index is 0.179. The van der Waals surface area contributed by atoms with E-state index in [1.807, 2.05) is 38.1 Å². The van der Waals surface area contributed by atoms with Crippen molar-refractivity contribution < 1.29 is 9.53 Å². The van der Waals surface area contributed by atoms with E-state index in [9.17, 15) is 4.79 Å². The number of nitrogens with one attached hydrogen (secondary N) is 1. The average Bonchev–Trinajstić information content (AvgIpc) is 2.58. The molecule has 0 aliphatic carbocycles. The highest BCUT2D eigenvalue weighted by Crippen LogP contribution is 2.21. The van der Waals surface area contributed by atoms with Crippen LogP contribution >= 0.6 is 27.7 Å². The van der Waals surface area contributed by atoms with E-state index in [2.05, 4.69) is 43.0 Å². The Kier molecular flexibility index (Phi) is 7.80. The monoisotopic (exact) mass is 434 g/mol. The van der Waals surface area contributed by atoms with Gasteiger partial charge in [-0.2, -0.15) is 5.10 Å². The Labute approximate surface area is 165 Å². The van der Waals surface area contributed by atoms with Crippen LogP contribution in [0.25, 0.3) is 0 Å². The molecule has 0 atom stereocenters. The van der Waals surface area contributed by atoms with Crippen LogP contribution in [0.3, 0.4) is 0 Å². The summed E-state index contributed by atoms with van der Waals surface area (Å²) >= 11 is 4.67. The highest BCUT2D eigenvalue weighted by atomic mass is 79.9. The molecular formula is C18H19BrN4O2S. The highest BCUT2D eigenvalue weighted by molar-refractivity contribution is 9.10. The molecule has 0 aliphatic heterocycles. The third-order valence-corrected chi connectivity index (χ3v) is 4.36. The van der Waals surface area contributed by atoms with Gasteiger partial charge >= 0.3 is 0 Å². The smallest absolute Gasteiger partial charge is 0.250 e. The first-order chi connectivity index (χ1) is 12.5. The Morgan fingerprint density at radius 2 is 2.08 bits per heavy atom. The van der Waals surface area contributed by atoms with Gasteiger partial charge in [0.2, 0.25) is 0 Å². The molecule has 0 spiro atoms. The highest BCUT2D eigenvalue weighted by Gasteiger charge is 2.06. The van der Waals surface area contributed by atoms with Crippen molar-refractivity contribution in [2.24, 2.45) is 5.10 Å². The number of thioether (sulfide) groups is 1. The molecule has 8 heteroatoms. The van der Waals surface area contributed by atoms with E-state index in [4.69, 9.17) is 4.74 Å². The number of halogens is 1. The molecule has 1 aromatic carbocycles. The molecule has 136 valence electrons. The summed E-state index contributed by atoms with van der Waals surface area (Å²) in [5.41, 5.74) is 4.99. The Hall–Kier alpha value is -2.19. The third-order valence-electron chi connectivity index (χ3n) is 3.02. The van der Waals surface area contributed by atoms with Gasteiger partial charge in [0.15, 0.2) is 5.16 Å². The van der Waals surface area contributed by atoms with Gasteiger partial charge in [0.05, 0.1) is 12.0 Å². The Morgan fingerprint density at radius 3 is 2.77 bits per heavy atom. The lowest BCUT2D eigenvalue weighted by Gasteiger charge is -2.07. The second-order valence-electron chi connectivity index (χ2n) is 5.30. The number of carbonyl (C=O) groups excluding carboxylic acids is 1. The molecule has 0 saturated heterocycles. The summed E-state index contributed by atoms with van der Waals surface area (Å²) in [6.45, 7) is 7.81. The number of ether oxygens (including phenoxy) is 1. The Morgan fingerprint density at radius 1 is 1.35 bits per heavy atom. The van der Waals surface area contributed by atoms with Gasteiger partial charge in [0, 0.05) is 21.4 Å². The van der Waals surface area contributed by atoms with Crippen molar-refractivity contribution in [3.63, 3.8) is 0 Å². The van der Waals surface area contributed by atoms with Crippen LogP contribution in [0.5, 0.6) is 5.75 Å². The number of carbonyl (C=O) groups is 1. The second-order valence-corrected chi connectivity index (χ2v) is 7.16. The van der Waals surface area contributed by atoms with E-state index in [1.54, 1.807) is 12.3 Å². The minimum Gasteiger partial charge on any atom is -0.489 e. The van der Waals surface area contributed by atoms with Crippen LogP contribution in [0.1, 0.15) is 17.0 Å². The molecule has 1 heterocycles. The third kappa shape index (κ3) is 6.61. The number of hydrazone groups is 1. The summed E-state index contributed by atoms with van der Waals surface area (Å²) in [4.78, 5) is 20.5. The van der Waals surface area contributed by atoms with E-state index < -0.39 is 0 Å². The van der Waals surface area contributed by atoms with Gasteiger partial charge in [-0.25, -0.2) is 15.4 Å². The van der Waals surface area contributed by atoms with Crippen LogP contribution in [0.15, 0.2) is 51.7 Å². The van der Waals surface area contributed by atoms with Crippen LogP contribution in [0.2, 0.25) is 0 Å². The molecule has 0 saturated carbocycles. The van der Waals surface area contributed by atoms with E-state index in [0.717, 1.165) is 21.4 Å². The summed E-state index contributed by atoms with van der Waals surface area (Å²) in [7, 11) is 0. The lowest BCUT2D eigenvalue weighted by molar-refractivity contribution is -0.118. The van der Waals surface area contributed by atoms with Crippen molar-refractivity contribution in [2.45, 2.75) is 19.0 Å². The first kappa shape index (κ1) is 20.1. The lowest BCUT2D eigenvalue weighted by Crippen LogP contribution is -2.20. The maximum Gasteiger partial charge on any atom is 0.250 e. The van der Waals surface area contributed by atoms with E-state index in [-0.39, 0.29) is 11.7 Å². The predicted octanol–water partition coefficient (Wildman–Crippen LogP) is 3.66. The minimum atomic E-state index is -0.238. The number of benzene rings is 1. The SMILES string of the molecule is C=CCOc1ccc(Br)cc1/C=N/NC(=O)CSc1nc(C)cc(C)n1. The Balaban J connectivity index is 1.92. The van der Waals surface area contributed by atoms with Crippen LogP contribution in [-0.2, 0) is 4.79 Å². The first-order valence-electron chi connectivity index (χ1n) is 7.78. The van der Waals surface area contributed by atoms with Gasteiger partial charge in [0.1, 0.15) is 12.4 Å². The summed E-state index contributed by atoms with van der Waals surface area (Å²) in [6, 6.07) is 7.43. The summed E-state index contributed by atoms with van der Waals surface area (Å²) in [5, 5.41) is 4.57. The summed E-state index contributed by atoms with van der Waals surface area (Å²) < 4.78 is 6.45. The fourth-order valence-electron chi connectivity index (χ4n) is 1.99. The number of hydrogen-bond donors (Lipinski definition) is 1. The van der Waals surface area contributed by atoms with E-state index in [0.29, 0.717) is 17.5 Å². The lowest BCUT2D eigenvalue weighted by atomic mass is 10.2. The number of rotatable bonds is 8. The first-order valence-corrected chi connectivity index (χ1v) is 9.56. The van der Waals surface area contributed by atoms with Crippen molar-refractivity contribution >= 4 is 39.8 Å². The molecule has 2 aromatic rings. The van der Waals surface area contributed by atoms with Crippen molar-refractivity contribution in [1.29, 1.82) is 0 Å². The maximum atomic E-state index is 11.9. The predicted molar refractivity (Wildman–Crippen MR) is 108 cm³/mol. The van der Waals surface area contributed by atoms with Gasteiger partial charge in [-0.15, -0.1) is 0 Å². The van der Waals surface area contributed by atoms with E-state index >= 15 is 0 Å². The number of nitrogens with zero attached hydrogens (tertiary/aromatic N) is 3. The van der Waals surface area contributed by atoms with Crippen LogP contribution in [-0.4, -0.2) is 34.4 Å². The molecule has 6 nitrogen and oxygen atoms in total. The van der Waals surface area contributed by atoms with E-state index in [1.165, 1.54) is 11.8 Å². The Bertz CT molecular complexity index is 807. The van der Waals surface area contributed by atoms with Crippen molar-refractivity contribution in [1.82, 2.24) is 15.4 Å². The molecule has 26 heavy (non-hydrogen) atoms. The molecule has 0 unspecified atom stereocenters. The standard InChI is InChI=1S/C18H19BrN4O2S/c1-4-7-25-16-6-5-15(19)9-14(16)10-20-23-17(24)11-26-18-21-12(2)8-13(3)22-18/h4-6,8-10H,1,7,11H2,2-3H3,(H,23,24)/b20-10+. The summed E-state index contributed by atoms with van der Waals surface area (Å²) in [5.74, 6) is 0.597. The normalized spacial score (nSPS) is 10.7. The molecule has 1 amide bonds. The number of aryl methyl sites for hydroxylation is 2. The molecule has 0 fully saturated rings. The molecule has 0 aliphatic rings. The number of hydrogen-bond acceptors (Lipinski definition) is 6. The van der Waals surface area contributed by atoms with Gasteiger partial charge in [-0.1, -0.05) is 40.3 Å². The topological polar surface area (TPSA) is 76.5 Å². The van der Waals surface area contributed by atoms with Crippen molar-refractivity contribution in [3.05, 3.63) is 58.3 Å².